The van der Waals surface area contributed by atoms with Gasteiger partial charge in [-0.1, -0.05) is 6.92 Å². The van der Waals surface area contributed by atoms with Crippen LogP contribution in [-0.2, 0) is 20.0 Å². The van der Waals surface area contributed by atoms with Gasteiger partial charge in [0.05, 0.1) is 5.69 Å². The molecule has 0 aliphatic rings. The van der Waals surface area contributed by atoms with Gasteiger partial charge in [-0.3, -0.25) is 4.68 Å². The van der Waals surface area contributed by atoms with Gasteiger partial charge in [0, 0.05) is 49.7 Å². The molecular formula is C15H25N5. The Labute approximate surface area is 121 Å². The first-order valence-electron chi connectivity index (χ1n) is 7.28. The molecule has 5 nitrogen and oxygen atoms in total. The highest BCUT2D eigenvalue weighted by molar-refractivity contribution is 5.27. The standard InChI is InChI=1S/C15H25N5/c1-6-16-11(2)15-12(3)18-20(13(15)4)9-7-14-17-8-10-19(14)5/h8,10-11,16H,6-7,9H2,1-5H3. The quantitative estimate of drug-likeness (QED) is 0.878. The lowest BCUT2D eigenvalue weighted by Gasteiger charge is -2.13. The Bertz CT molecular complexity index is 567. The summed E-state index contributed by atoms with van der Waals surface area (Å²) in [5.41, 5.74) is 3.70. The van der Waals surface area contributed by atoms with Crippen LogP contribution < -0.4 is 5.32 Å². The molecule has 0 saturated heterocycles. The molecule has 2 aromatic heterocycles. The second-order valence-corrected chi connectivity index (χ2v) is 5.29. The normalized spacial score (nSPS) is 12.8. The zero-order chi connectivity index (χ0) is 14.7. The van der Waals surface area contributed by atoms with Crippen LogP contribution in [0.15, 0.2) is 12.4 Å². The number of nitrogens with zero attached hydrogens (tertiary/aromatic N) is 4. The lowest BCUT2D eigenvalue weighted by Crippen LogP contribution is -2.19. The van der Waals surface area contributed by atoms with Gasteiger partial charge in [-0.25, -0.2) is 4.98 Å². The molecule has 110 valence electrons. The molecule has 0 saturated carbocycles. The van der Waals surface area contributed by atoms with Gasteiger partial charge in [-0.15, -0.1) is 0 Å². The molecule has 0 amide bonds. The van der Waals surface area contributed by atoms with Gasteiger partial charge in [0.25, 0.3) is 0 Å². The van der Waals surface area contributed by atoms with Crippen LogP contribution in [0.4, 0.5) is 0 Å². The van der Waals surface area contributed by atoms with E-state index in [4.69, 9.17) is 0 Å². The van der Waals surface area contributed by atoms with Crippen LogP contribution >= 0.6 is 0 Å². The highest BCUT2D eigenvalue weighted by Crippen LogP contribution is 2.21. The third-order valence-electron chi connectivity index (χ3n) is 3.85. The first-order chi connectivity index (χ1) is 9.54. The summed E-state index contributed by atoms with van der Waals surface area (Å²) in [6.07, 6.45) is 4.73. The van der Waals surface area contributed by atoms with Gasteiger partial charge in [0.2, 0.25) is 0 Å². The van der Waals surface area contributed by atoms with Crippen molar-refractivity contribution < 1.29 is 0 Å². The Morgan fingerprint density at radius 2 is 2.10 bits per heavy atom. The smallest absolute Gasteiger partial charge is 0.110 e. The van der Waals surface area contributed by atoms with Gasteiger partial charge in [0.15, 0.2) is 0 Å². The molecule has 5 heteroatoms. The fourth-order valence-corrected chi connectivity index (χ4v) is 2.81. The molecule has 0 fully saturated rings. The SMILES string of the molecule is CCNC(C)c1c(C)nn(CCc2nccn2C)c1C. The van der Waals surface area contributed by atoms with E-state index in [2.05, 4.69) is 52.3 Å². The highest BCUT2D eigenvalue weighted by atomic mass is 15.3. The molecule has 1 N–H and O–H groups in total. The van der Waals surface area contributed by atoms with E-state index in [1.54, 1.807) is 0 Å². The lowest BCUT2D eigenvalue weighted by atomic mass is 10.1. The summed E-state index contributed by atoms with van der Waals surface area (Å²) in [6.45, 7) is 10.4. The van der Waals surface area contributed by atoms with Crippen LogP contribution in [0.2, 0.25) is 0 Å². The minimum atomic E-state index is 0.349. The third-order valence-corrected chi connectivity index (χ3v) is 3.85. The fourth-order valence-electron chi connectivity index (χ4n) is 2.81. The molecule has 0 bridgehead atoms. The van der Waals surface area contributed by atoms with E-state index in [9.17, 15) is 0 Å². The van der Waals surface area contributed by atoms with Crippen molar-refractivity contribution in [2.45, 2.75) is 46.7 Å². The number of hydrogen-bond acceptors (Lipinski definition) is 3. The van der Waals surface area contributed by atoms with Crippen LogP contribution in [0.25, 0.3) is 0 Å². The van der Waals surface area contributed by atoms with Crippen molar-refractivity contribution >= 4 is 0 Å². The molecule has 2 aromatic rings. The van der Waals surface area contributed by atoms with Crippen LogP contribution in [0, 0.1) is 13.8 Å². The highest BCUT2D eigenvalue weighted by Gasteiger charge is 2.16. The van der Waals surface area contributed by atoms with Crippen LogP contribution in [0.5, 0.6) is 0 Å². The lowest BCUT2D eigenvalue weighted by molar-refractivity contribution is 0.564. The predicted octanol–water partition coefficient (Wildman–Crippen LogP) is 2.15. The monoisotopic (exact) mass is 275 g/mol. The summed E-state index contributed by atoms with van der Waals surface area (Å²) in [6, 6.07) is 0.349. The van der Waals surface area contributed by atoms with Crippen LogP contribution in [-0.4, -0.2) is 25.9 Å². The maximum absolute atomic E-state index is 4.68. The van der Waals surface area contributed by atoms with Crippen molar-refractivity contribution in [1.29, 1.82) is 0 Å². The summed E-state index contributed by atoms with van der Waals surface area (Å²) in [4.78, 5) is 4.36. The molecule has 20 heavy (non-hydrogen) atoms. The minimum Gasteiger partial charge on any atom is -0.338 e. The average Bonchev–Trinajstić information content (AvgIpc) is 2.91. The van der Waals surface area contributed by atoms with Crippen molar-refractivity contribution in [3.8, 4) is 0 Å². The third kappa shape index (κ3) is 2.93. The molecule has 0 spiro atoms. The van der Waals surface area contributed by atoms with E-state index in [1.807, 2.05) is 19.4 Å². The summed E-state index contributed by atoms with van der Waals surface area (Å²) < 4.78 is 4.17. The molecule has 1 atom stereocenters. The van der Waals surface area contributed by atoms with Gasteiger partial charge in [-0.2, -0.15) is 5.10 Å². The van der Waals surface area contributed by atoms with Crippen molar-refractivity contribution in [2.75, 3.05) is 6.54 Å². The summed E-state index contributed by atoms with van der Waals surface area (Å²) in [5.74, 6) is 1.10. The van der Waals surface area contributed by atoms with Gasteiger partial charge < -0.3 is 9.88 Å². The Morgan fingerprint density at radius 1 is 1.35 bits per heavy atom. The maximum atomic E-state index is 4.68. The zero-order valence-corrected chi connectivity index (χ0v) is 13.1. The molecule has 2 rings (SSSR count). The molecule has 0 aromatic carbocycles. The summed E-state index contributed by atoms with van der Waals surface area (Å²) in [5, 5.41) is 8.15. The van der Waals surface area contributed by atoms with Gasteiger partial charge in [0.1, 0.15) is 5.82 Å². The van der Waals surface area contributed by atoms with Crippen LogP contribution in [0.3, 0.4) is 0 Å². The first kappa shape index (κ1) is 14.8. The Hall–Kier alpha value is -1.62. The molecule has 1 unspecified atom stereocenters. The molecule has 0 aliphatic carbocycles. The van der Waals surface area contributed by atoms with E-state index in [0.717, 1.165) is 31.0 Å². The average molecular weight is 275 g/mol. The van der Waals surface area contributed by atoms with Crippen LogP contribution in [0.1, 0.15) is 42.7 Å². The predicted molar refractivity (Wildman–Crippen MR) is 80.7 cm³/mol. The second kappa shape index (κ2) is 6.22. The summed E-state index contributed by atoms with van der Waals surface area (Å²) in [7, 11) is 2.03. The number of aromatic nitrogens is 4. The molecule has 2 heterocycles. The van der Waals surface area contributed by atoms with Gasteiger partial charge in [-0.05, 0) is 27.3 Å². The molecular weight excluding hydrogens is 250 g/mol. The first-order valence-corrected chi connectivity index (χ1v) is 7.28. The Balaban J connectivity index is 2.13. The van der Waals surface area contributed by atoms with E-state index in [0.29, 0.717) is 6.04 Å². The zero-order valence-electron chi connectivity index (χ0n) is 13.1. The van der Waals surface area contributed by atoms with Crippen molar-refractivity contribution in [1.82, 2.24) is 24.6 Å². The summed E-state index contributed by atoms with van der Waals surface area (Å²) >= 11 is 0. The van der Waals surface area contributed by atoms with Crippen molar-refractivity contribution in [3.63, 3.8) is 0 Å². The van der Waals surface area contributed by atoms with E-state index >= 15 is 0 Å². The largest absolute Gasteiger partial charge is 0.338 e. The van der Waals surface area contributed by atoms with Crippen molar-refractivity contribution in [3.05, 3.63) is 35.2 Å². The molecule has 0 aliphatic heterocycles. The number of rotatable bonds is 6. The number of nitrogens with one attached hydrogen (secondary N) is 1. The van der Waals surface area contributed by atoms with E-state index in [-0.39, 0.29) is 0 Å². The van der Waals surface area contributed by atoms with Gasteiger partial charge >= 0.3 is 0 Å². The van der Waals surface area contributed by atoms with Crippen molar-refractivity contribution in [2.24, 2.45) is 7.05 Å². The van der Waals surface area contributed by atoms with E-state index in [1.165, 1.54) is 11.3 Å². The number of hydrogen-bond donors (Lipinski definition) is 1. The number of imidazole rings is 1. The topological polar surface area (TPSA) is 47.7 Å². The fraction of sp³-hybridized carbons (Fsp3) is 0.600. The maximum Gasteiger partial charge on any atom is 0.110 e. The molecule has 0 radical (unpaired) electrons. The minimum absolute atomic E-state index is 0.349. The second-order valence-electron chi connectivity index (χ2n) is 5.29. The Morgan fingerprint density at radius 3 is 2.70 bits per heavy atom. The Kier molecular flexibility index (Phi) is 4.60. The van der Waals surface area contributed by atoms with E-state index < -0.39 is 0 Å². The number of aryl methyl sites for hydroxylation is 4.